The summed E-state index contributed by atoms with van der Waals surface area (Å²) < 4.78 is 238. The zero-order valence-corrected chi connectivity index (χ0v) is 21.2. The van der Waals surface area contributed by atoms with Crippen molar-refractivity contribution in [2.45, 2.75) is 87.8 Å². The van der Waals surface area contributed by atoms with Crippen LogP contribution in [0.1, 0.15) is 27.7 Å². The first-order chi connectivity index (χ1) is 17.1. The third-order valence-corrected chi connectivity index (χ3v) is 6.82. The number of hydrogen-bond acceptors (Lipinski definition) is 3. The summed E-state index contributed by atoms with van der Waals surface area (Å²) in [5.74, 6) is -40.1. The Labute approximate surface area is 212 Å². The number of halogens is 16. The van der Waals surface area contributed by atoms with Crippen LogP contribution in [0.15, 0.2) is 0 Å². The van der Waals surface area contributed by atoms with Crippen LogP contribution >= 0.6 is 0 Å². The van der Waals surface area contributed by atoms with Crippen LogP contribution in [0.5, 0.6) is 0 Å². The maximum atomic E-state index is 13.3. The van der Waals surface area contributed by atoms with Gasteiger partial charge in [-0.2, -0.15) is 43.9 Å². The monoisotopic (exact) mass is 639 g/mol. The van der Waals surface area contributed by atoms with Gasteiger partial charge in [-0.1, -0.05) is 0 Å². The molecule has 0 N–H and O–H groups in total. The van der Waals surface area contributed by atoms with Crippen LogP contribution in [-0.4, -0.2) is 104 Å². The molecule has 0 spiro atoms. The molecule has 4 atom stereocenters. The van der Waals surface area contributed by atoms with Gasteiger partial charge in [0.25, 0.3) is 11.9 Å². The highest BCUT2D eigenvalue weighted by molar-refractivity contribution is 7.86. The highest BCUT2D eigenvalue weighted by Crippen LogP contribution is 2.59. The van der Waals surface area contributed by atoms with E-state index < -0.39 is 70.2 Å². The lowest BCUT2D eigenvalue weighted by Gasteiger charge is -2.41. The fraction of sp³-hybridized carbons (Fsp3) is 1.00. The molecule has 0 radical (unpaired) electrons. The summed E-state index contributed by atoms with van der Waals surface area (Å²) in [4.78, 5) is 0. The van der Waals surface area contributed by atoms with Gasteiger partial charge in [0.1, 0.15) is 10.1 Å². The summed E-state index contributed by atoms with van der Waals surface area (Å²) in [5, 5.41) is 0. The van der Waals surface area contributed by atoms with Crippen molar-refractivity contribution in [1.29, 1.82) is 0 Å². The minimum absolute atomic E-state index is 1.28. The van der Waals surface area contributed by atoms with Gasteiger partial charge in [0.05, 0.1) is 26.2 Å². The molecule has 0 fully saturated rings. The fourth-order valence-electron chi connectivity index (χ4n) is 2.95. The molecule has 0 aromatic heterocycles. The topological polar surface area (TPSA) is 57.2 Å². The van der Waals surface area contributed by atoms with Gasteiger partial charge in [-0.25, -0.2) is 34.8 Å². The fourth-order valence-corrected chi connectivity index (χ4v) is 3.47. The second-order valence-electron chi connectivity index (χ2n) is 8.01. The van der Waals surface area contributed by atoms with Gasteiger partial charge in [-0.05, 0) is 27.7 Å². The maximum Gasteiger partial charge on any atom is 0.384 e. The molecule has 0 aliphatic heterocycles. The van der Waals surface area contributed by atoms with Crippen molar-refractivity contribution < 1.29 is 87.7 Å². The highest BCUT2D eigenvalue weighted by atomic mass is 32.2. The van der Waals surface area contributed by atoms with Crippen LogP contribution in [0.2, 0.25) is 0 Å². The Morgan fingerprint density at radius 1 is 0.590 bits per heavy atom. The second-order valence-corrected chi connectivity index (χ2v) is 9.41. The zero-order chi connectivity index (χ0) is 32.2. The first kappa shape index (κ1) is 39.9. The lowest BCUT2D eigenvalue weighted by atomic mass is 9.90. The molecule has 0 aliphatic rings. The van der Waals surface area contributed by atoms with Crippen LogP contribution in [0.4, 0.5) is 70.2 Å². The number of quaternary nitrogens is 1. The van der Waals surface area contributed by atoms with E-state index in [-0.39, 0.29) is 0 Å². The van der Waals surface area contributed by atoms with Gasteiger partial charge in [-0.3, -0.25) is 0 Å². The van der Waals surface area contributed by atoms with Crippen LogP contribution in [0.25, 0.3) is 0 Å². The van der Waals surface area contributed by atoms with E-state index in [2.05, 4.69) is 27.7 Å². The molecule has 0 heterocycles. The smallest absolute Gasteiger partial charge is 0.384 e. The lowest BCUT2D eigenvalue weighted by molar-refractivity contribution is -0.921. The molecule has 4 unspecified atom stereocenters. The van der Waals surface area contributed by atoms with Gasteiger partial charge in [-0.15, -0.1) is 0 Å². The quantitative estimate of drug-likeness (QED) is 0.130. The third kappa shape index (κ3) is 7.53. The summed E-state index contributed by atoms with van der Waals surface area (Å²) in [5.41, 5.74) is -5.93. The number of rotatable bonds is 14. The maximum absolute atomic E-state index is 13.3. The van der Waals surface area contributed by atoms with Crippen molar-refractivity contribution in [2.75, 3.05) is 26.2 Å². The zero-order valence-electron chi connectivity index (χ0n) is 20.3. The first-order valence-corrected chi connectivity index (χ1v) is 12.1. The second kappa shape index (κ2) is 13.2. The van der Waals surface area contributed by atoms with Crippen molar-refractivity contribution in [3.8, 4) is 0 Å². The van der Waals surface area contributed by atoms with Crippen LogP contribution in [-0.2, 0) is 10.1 Å². The number of hydrogen-bond donors (Lipinski definition) is 0. The molecule has 0 amide bonds. The predicted octanol–water partition coefficient (Wildman–Crippen LogP) is 6.17. The van der Waals surface area contributed by atoms with Crippen LogP contribution < -0.4 is 0 Å². The molecule has 39 heavy (non-hydrogen) atoms. The van der Waals surface area contributed by atoms with Crippen molar-refractivity contribution >= 4 is 10.1 Å². The van der Waals surface area contributed by atoms with Crippen molar-refractivity contribution in [2.24, 2.45) is 0 Å². The van der Waals surface area contributed by atoms with E-state index in [4.69, 9.17) is 0 Å². The minimum Gasteiger partial charge on any atom is -0.746 e. The van der Waals surface area contributed by atoms with E-state index in [1.807, 2.05) is 0 Å². The summed E-state index contributed by atoms with van der Waals surface area (Å²) >= 11 is 0. The first-order valence-electron chi connectivity index (χ1n) is 10.6. The van der Waals surface area contributed by atoms with Crippen LogP contribution in [0.3, 0.4) is 0 Å². The molecular formula is C18H25F16NO3S. The molecule has 0 aromatic carbocycles. The van der Waals surface area contributed by atoms with Crippen molar-refractivity contribution in [3.63, 3.8) is 0 Å². The van der Waals surface area contributed by atoms with Gasteiger partial charge >= 0.3 is 29.6 Å². The molecule has 21 heteroatoms. The van der Waals surface area contributed by atoms with Gasteiger partial charge in [0.2, 0.25) is 6.17 Å². The molecule has 238 valence electrons. The van der Waals surface area contributed by atoms with Gasteiger partial charge in [0.15, 0.2) is 12.3 Å². The van der Waals surface area contributed by atoms with Gasteiger partial charge < -0.3 is 9.04 Å². The largest absolute Gasteiger partial charge is 0.746 e. The van der Waals surface area contributed by atoms with E-state index in [1.165, 1.54) is 30.7 Å². The Morgan fingerprint density at radius 3 is 1.13 bits per heavy atom. The molecule has 0 aromatic rings. The Hall–Kier alpha value is -1.25. The minimum atomic E-state index is -8.37. The Morgan fingerprint density at radius 2 is 0.897 bits per heavy atom. The Bertz CT molecular complexity index is 849. The molecule has 0 saturated carbocycles. The number of nitrogens with zero attached hydrogens (tertiary/aromatic N) is 1. The molecule has 0 bridgehead atoms. The van der Waals surface area contributed by atoms with E-state index in [0.29, 0.717) is 0 Å². The van der Waals surface area contributed by atoms with Crippen molar-refractivity contribution in [3.05, 3.63) is 0 Å². The average Bonchev–Trinajstić information content (AvgIpc) is 2.83. The average molecular weight is 639 g/mol. The lowest BCUT2D eigenvalue weighted by Crippen LogP contribution is -2.71. The molecule has 0 saturated heterocycles. The predicted molar refractivity (Wildman–Crippen MR) is 102 cm³/mol. The standard InChI is InChI=1S/C10H6F16O3S.C8H20N/c11-1(2(12)4(14)15)3(13)6(17,18)8(21,22)10(25,26)9(23,24)7(19,20)5(16)30(27,28)29;1-5-9(6-2,7-3)8-4/h1-5H,(H,27,28,29);5-8H2,1-4H3/q;+1/p-1. The van der Waals surface area contributed by atoms with E-state index >= 15 is 0 Å². The van der Waals surface area contributed by atoms with E-state index in [9.17, 15) is 83.2 Å². The summed E-state index contributed by atoms with van der Waals surface area (Å²) in [6.07, 6.45) is -20.3. The SMILES string of the molecule is CC[N+](CC)(CC)CC.O=S(=O)([O-])C(F)C(F)(F)C(F)(F)C(F)(F)C(F)(F)C(F)(F)C(F)C(F)C(F)C(F)F. The number of alkyl halides is 16. The summed E-state index contributed by atoms with van der Waals surface area (Å²) in [7, 11) is -7.31. The molecular weight excluding hydrogens is 614 g/mol. The Balaban J connectivity index is 0. The van der Waals surface area contributed by atoms with E-state index in [0.717, 1.165) is 0 Å². The van der Waals surface area contributed by atoms with E-state index in [1.54, 1.807) is 0 Å². The molecule has 4 nitrogen and oxygen atoms in total. The normalized spacial score (nSPS) is 17.8. The third-order valence-electron chi connectivity index (χ3n) is 6.02. The molecule has 0 aliphatic carbocycles. The Kier molecular flexibility index (Phi) is 13.5. The summed E-state index contributed by atoms with van der Waals surface area (Å²) in [6.45, 7) is 14.2. The van der Waals surface area contributed by atoms with Crippen LogP contribution in [0, 0.1) is 0 Å². The van der Waals surface area contributed by atoms with Crippen molar-refractivity contribution in [1.82, 2.24) is 0 Å². The molecule has 0 rings (SSSR count). The highest BCUT2D eigenvalue weighted by Gasteiger charge is 2.89. The summed E-state index contributed by atoms with van der Waals surface area (Å²) in [6, 6.07) is 0. The van der Waals surface area contributed by atoms with Gasteiger partial charge in [0, 0.05) is 0 Å².